The molecule has 0 saturated carbocycles. The van der Waals surface area contributed by atoms with Crippen molar-refractivity contribution >= 4 is 35.2 Å². The molecule has 0 aliphatic rings. The van der Waals surface area contributed by atoms with Gasteiger partial charge in [-0.1, -0.05) is 43.3 Å². The number of likely N-dealkylation sites (N-methyl/N-ethyl adjacent to an activating group) is 1. The molecule has 13 heteroatoms. The van der Waals surface area contributed by atoms with Gasteiger partial charge in [0.25, 0.3) is 0 Å². The van der Waals surface area contributed by atoms with Gasteiger partial charge in [-0.25, -0.2) is 4.79 Å². The number of benzene rings is 1. The molecule has 38 heavy (non-hydrogen) atoms. The van der Waals surface area contributed by atoms with Crippen LogP contribution in [-0.4, -0.2) is 63.1 Å². The SMILES string of the molecule is C.CN(CC(N)=O)C(=O)OCc1cccc2nnc([C@@H](COCc3ccccc3Cl)NC(=O)C(C)(C)N)n12. The van der Waals surface area contributed by atoms with Crippen LogP contribution in [0.4, 0.5) is 4.79 Å². The third-order valence-corrected chi connectivity index (χ3v) is 5.65. The van der Waals surface area contributed by atoms with Gasteiger partial charge in [0.15, 0.2) is 11.5 Å². The maximum Gasteiger partial charge on any atom is 0.410 e. The van der Waals surface area contributed by atoms with E-state index in [1.165, 1.54) is 7.05 Å². The number of primary amides is 1. The molecular weight excluding hydrogens is 514 g/mol. The Morgan fingerprint density at radius 1 is 1.13 bits per heavy atom. The van der Waals surface area contributed by atoms with E-state index in [-0.39, 0.29) is 33.8 Å². The number of carbonyl (C=O) groups excluding carboxylic acids is 3. The van der Waals surface area contributed by atoms with Crippen LogP contribution >= 0.6 is 11.6 Å². The minimum Gasteiger partial charge on any atom is -0.443 e. The third kappa shape index (κ3) is 7.88. The standard InChI is InChI=1S/C24H30ClN7O5.CH4/c1-24(2,27)22(34)28-18(14-36-12-15-7-4-5-9-17(15)25)21-30-29-20-10-6-8-16(32(20)21)13-37-23(35)31(3)11-19(26)33;/h4-10,18H,11-14,27H2,1-3H3,(H2,26,33)(H,28,34);1H4/t18-;/m1./s1. The largest absolute Gasteiger partial charge is 0.443 e. The molecule has 0 aliphatic heterocycles. The molecule has 3 rings (SSSR count). The van der Waals surface area contributed by atoms with Gasteiger partial charge >= 0.3 is 6.09 Å². The fourth-order valence-corrected chi connectivity index (χ4v) is 3.53. The van der Waals surface area contributed by atoms with Gasteiger partial charge in [-0.3, -0.25) is 14.0 Å². The normalized spacial score (nSPS) is 11.9. The van der Waals surface area contributed by atoms with Crippen LogP contribution in [-0.2, 0) is 32.3 Å². The summed E-state index contributed by atoms with van der Waals surface area (Å²) in [5, 5.41) is 11.9. The van der Waals surface area contributed by atoms with Gasteiger partial charge in [0.2, 0.25) is 11.8 Å². The minimum atomic E-state index is -1.16. The Hall–Kier alpha value is -3.74. The van der Waals surface area contributed by atoms with Crippen LogP contribution in [0.1, 0.15) is 44.4 Å². The van der Waals surface area contributed by atoms with Gasteiger partial charge in [0.1, 0.15) is 19.2 Å². The van der Waals surface area contributed by atoms with Gasteiger partial charge < -0.3 is 31.2 Å². The molecule has 0 bridgehead atoms. The molecule has 2 aromatic heterocycles. The van der Waals surface area contributed by atoms with Gasteiger partial charge in [-0.2, -0.15) is 0 Å². The number of rotatable bonds is 11. The molecule has 3 amide bonds. The Morgan fingerprint density at radius 2 is 1.84 bits per heavy atom. The molecule has 0 radical (unpaired) electrons. The van der Waals surface area contributed by atoms with Crippen molar-refractivity contribution in [1.29, 1.82) is 0 Å². The zero-order chi connectivity index (χ0) is 27.2. The first kappa shape index (κ1) is 30.5. The number of nitrogens with zero attached hydrogens (tertiary/aromatic N) is 4. The molecule has 1 atom stereocenters. The maximum atomic E-state index is 12.8. The van der Waals surface area contributed by atoms with Crippen LogP contribution in [0, 0.1) is 0 Å². The summed E-state index contributed by atoms with van der Waals surface area (Å²) in [6, 6.07) is 11.7. The highest BCUT2D eigenvalue weighted by Gasteiger charge is 2.28. The highest BCUT2D eigenvalue weighted by molar-refractivity contribution is 6.31. The number of hydrogen-bond donors (Lipinski definition) is 3. The Bertz CT molecular complexity index is 1270. The first-order chi connectivity index (χ1) is 17.5. The van der Waals surface area contributed by atoms with Crippen molar-refractivity contribution in [3.8, 4) is 0 Å². The zero-order valence-electron chi connectivity index (χ0n) is 20.8. The molecular formula is C25H34ClN7O5. The summed E-state index contributed by atoms with van der Waals surface area (Å²) < 4.78 is 12.9. The van der Waals surface area contributed by atoms with E-state index in [2.05, 4.69) is 15.5 Å². The number of halogens is 1. The summed E-state index contributed by atoms with van der Waals surface area (Å²) in [6.45, 7) is 2.95. The molecule has 0 saturated heterocycles. The van der Waals surface area contributed by atoms with Crippen LogP contribution < -0.4 is 16.8 Å². The third-order valence-electron chi connectivity index (χ3n) is 5.28. The lowest BCUT2D eigenvalue weighted by atomic mass is 10.1. The van der Waals surface area contributed by atoms with E-state index < -0.39 is 29.5 Å². The van der Waals surface area contributed by atoms with E-state index in [1.54, 1.807) is 42.5 Å². The average molecular weight is 548 g/mol. The summed E-state index contributed by atoms with van der Waals surface area (Å²) in [5.41, 5.74) is 11.7. The molecule has 1 aromatic carbocycles. The van der Waals surface area contributed by atoms with Crippen LogP contribution in [0.5, 0.6) is 0 Å². The second-order valence-corrected chi connectivity index (χ2v) is 9.41. The predicted molar refractivity (Wildman–Crippen MR) is 142 cm³/mol. The highest BCUT2D eigenvalue weighted by atomic mass is 35.5. The van der Waals surface area contributed by atoms with E-state index in [1.807, 2.05) is 18.2 Å². The molecule has 3 aromatic rings. The average Bonchev–Trinajstić information content (AvgIpc) is 3.26. The molecule has 0 aliphatic carbocycles. The number of hydrogen-bond acceptors (Lipinski definition) is 8. The first-order valence-electron chi connectivity index (χ1n) is 11.4. The van der Waals surface area contributed by atoms with Crippen molar-refractivity contribution < 1.29 is 23.9 Å². The lowest BCUT2D eigenvalue weighted by Crippen LogP contribution is -2.51. The van der Waals surface area contributed by atoms with Crippen LogP contribution in [0.3, 0.4) is 0 Å². The lowest BCUT2D eigenvalue weighted by Gasteiger charge is -2.24. The molecule has 0 unspecified atom stereocenters. The molecule has 206 valence electrons. The number of fused-ring (bicyclic) bond motifs is 1. The molecule has 12 nitrogen and oxygen atoms in total. The van der Waals surface area contributed by atoms with Crippen LogP contribution in [0.25, 0.3) is 5.65 Å². The monoisotopic (exact) mass is 547 g/mol. The van der Waals surface area contributed by atoms with E-state index in [0.29, 0.717) is 22.2 Å². The van der Waals surface area contributed by atoms with Crippen LogP contribution in [0.2, 0.25) is 5.02 Å². The first-order valence-corrected chi connectivity index (χ1v) is 11.7. The second kappa shape index (κ2) is 13.2. The smallest absolute Gasteiger partial charge is 0.410 e. The fourth-order valence-electron chi connectivity index (χ4n) is 3.34. The Kier molecular flexibility index (Phi) is 10.6. The zero-order valence-corrected chi connectivity index (χ0v) is 21.6. The molecule has 0 fully saturated rings. The Labute approximate surface area is 226 Å². The lowest BCUT2D eigenvalue weighted by molar-refractivity contribution is -0.126. The number of nitrogens with one attached hydrogen (secondary N) is 1. The summed E-state index contributed by atoms with van der Waals surface area (Å²) in [4.78, 5) is 37.2. The van der Waals surface area contributed by atoms with Crippen molar-refractivity contribution in [1.82, 2.24) is 24.8 Å². The summed E-state index contributed by atoms with van der Waals surface area (Å²) >= 11 is 6.23. The van der Waals surface area contributed by atoms with Crippen molar-refractivity contribution in [3.05, 3.63) is 64.6 Å². The van der Waals surface area contributed by atoms with Crippen LogP contribution in [0.15, 0.2) is 42.5 Å². The Morgan fingerprint density at radius 3 is 2.50 bits per heavy atom. The number of ether oxygens (including phenoxy) is 2. The van der Waals surface area contributed by atoms with Gasteiger partial charge in [0.05, 0.1) is 24.4 Å². The fraction of sp³-hybridized carbons (Fsp3) is 0.400. The van der Waals surface area contributed by atoms with Crippen molar-refractivity contribution in [2.75, 3.05) is 20.2 Å². The number of nitrogens with two attached hydrogens (primary N) is 2. The maximum absolute atomic E-state index is 12.8. The topological polar surface area (TPSA) is 167 Å². The van der Waals surface area contributed by atoms with Gasteiger partial charge in [-0.15, -0.1) is 10.2 Å². The van der Waals surface area contributed by atoms with Crippen molar-refractivity contribution in [2.45, 2.75) is 46.1 Å². The second-order valence-electron chi connectivity index (χ2n) is 9.00. The molecule has 2 heterocycles. The van der Waals surface area contributed by atoms with Crippen molar-refractivity contribution in [3.63, 3.8) is 0 Å². The number of amides is 3. The van der Waals surface area contributed by atoms with E-state index >= 15 is 0 Å². The number of aromatic nitrogens is 3. The summed E-state index contributed by atoms with van der Waals surface area (Å²) in [7, 11) is 1.40. The van der Waals surface area contributed by atoms with E-state index in [9.17, 15) is 14.4 Å². The summed E-state index contributed by atoms with van der Waals surface area (Å²) in [5.74, 6) is -0.739. The quantitative estimate of drug-likeness (QED) is 0.328. The van der Waals surface area contributed by atoms with Crippen molar-refractivity contribution in [2.24, 2.45) is 11.5 Å². The van der Waals surface area contributed by atoms with Gasteiger partial charge in [-0.05, 0) is 37.6 Å². The molecule has 5 N–H and O–H groups in total. The van der Waals surface area contributed by atoms with Gasteiger partial charge in [0, 0.05) is 12.1 Å². The predicted octanol–water partition coefficient (Wildman–Crippen LogP) is 2.18. The minimum absolute atomic E-state index is 0. The molecule has 0 spiro atoms. The van der Waals surface area contributed by atoms with E-state index in [4.69, 9.17) is 32.5 Å². The Balaban J connectivity index is 0.00000507. The number of carbonyl (C=O) groups is 3. The highest BCUT2D eigenvalue weighted by Crippen LogP contribution is 2.20. The van der Waals surface area contributed by atoms with E-state index in [0.717, 1.165) is 10.5 Å². The number of pyridine rings is 1. The summed E-state index contributed by atoms with van der Waals surface area (Å²) in [6.07, 6.45) is -0.733.